The van der Waals surface area contributed by atoms with Gasteiger partial charge in [-0.15, -0.1) is 11.8 Å². The first-order chi connectivity index (χ1) is 7.11. The number of ether oxygens (including phenoxy) is 1. The molecule has 82 valence electrons. The Bertz CT molecular complexity index is 346. The molecule has 0 saturated carbocycles. The Kier molecular flexibility index (Phi) is 4.44. The van der Waals surface area contributed by atoms with Gasteiger partial charge in [0.2, 0.25) is 0 Å². The molecule has 0 aliphatic rings. The van der Waals surface area contributed by atoms with Crippen LogP contribution in [0.4, 0.5) is 4.39 Å². The largest absolute Gasteiger partial charge is 0.495 e. The molecule has 3 nitrogen and oxygen atoms in total. The Morgan fingerprint density at radius 3 is 2.60 bits per heavy atom. The summed E-state index contributed by atoms with van der Waals surface area (Å²) in [6.45, 7) is 2.09. The maximum Gasteiger partial charge on any atom is 0.495 e. The highest BCUT2D eigenvalue weighted by Gasteiger charge is 2.24. The number of rotatable bonds is 4. The summed E-state index contributed by atoms with van der Waals surface area (Å²) in [7, 11) is -1.86. The van der Waals surface area contributed by atoms with E-state index in [0.29, 0.717) is 11.5 Å². The molecular formula is C9H12BFO3S. The molecule has 0 bridgehead atoms. The van der Waals surface area contributed by atoms with E-state index in [9.17, 15) is 4.39 Å². The van der Waals surface area contributed by atoms with Crippen LogP contribution in [0.3, 0.4) is 0 Å². The van der Waals surface area contributed by atoms with Crippen LogP contribution < -0.4 is 10.2 Å². The molecule has 0 heterocycles. The fourth-order valence-corrected chi connectivity index (χ4v) is 1.73. The normalized spacial score (nSPS) is 10.2. The zero-order valence-corrected chi connectivity index (χ0v) is 9.34. The van der Waals surface area contributed by atoms with E-state index in [1.54, 1.807) is 19.2 Å². The Hall–Kier alpha value is -0.715. The van der Waals surface area contributed by atoms with Crippen molar-refractivity contribution < 1.29 is 19.2 Å². The van der Waals surface area contributed by atoms with Crippen molar-refractivity contribution in [2.75, 3.05) is 12.9 Å². The van der Waals surface area contributed by atoms with E-state index in [4.69, 9.17) is 14.8 Å². The standard InChI is InChI=1S/C9H12BFO3S/c1-3-14-6-4-5-7(15-2)9(11)8(6)10(12)13/h4-5,12-13H,3H2,1-2H3. The quantitative estimate of drug-likeness (QED) is 0.588. The van der Waals surface area contributed by atoms with Crippen molar-refractivity contribution >= 4 is 24.3 Å². The molecule has 0 fully saturated rings. The number of hydrogen-bond acceptors (Lipinski definition) is 4. The SMILES string of the molecule is CCOc1ccc(SC)c(F)c1B(O)O. The van der Waals surface area contributed by atoms with Crippen LogP contribution in [-0.2, 0) is 0 Å². The van der Waals surface area contributed by atoms with Crippen LogP contribution in [0.15, 0.2) is 17.0 Å². The van der Waals surface area contributed by atoms with Crippen LogP contribution in [0, 0.1) is 5.82 Å². The molecular weight excluding hydrogens is 218 g/mol. The van der Waals surface area contributed by atoms with Gasteiger partial charge in [0.05, 0.1) is 12.1 Å². The molecule has 0 radical (unpaired) electrons. The van der Waals surface area contributed by atoms with Gasteiger partial charge >= 0.3 is 7.12 Å². The molecule has 0 atom stereocenters. The third-order valence-corrected chi connectivity index (χ3v) is 2.64. The second kappa shape index (κ2) is 5.39. The predicted molar refractivity (Wildman–Crippen MR) is 59.2 cm³/mol. The summed E-state index contributed by atoms with van der Waals surface area (Å²) in [5.74, 6) is -0.466. The third-order valence-electron chi connectivity index (χ3n) is 1.88. The average Bonchev–Trinajstić information content (AvgIpc) is 2.18. The molecule has 0 spiro atoms. The molecule has 1 aromatic rings. The van der Waals surface area contributed by atoms with Crippen molar-refractivity contribution in [1.29, 1.82) is 0 Å². The van der Waals surface area contributed by atoms with Gasteiger partial charge in [-0.3, -0.25) is 0 Å². The third kappa shape index (κ3) is 2.65. The van der Waals surface area contributed by atoms with Crippen LogP contribution in [-0.4, -0.2) is 30.0 Å². The van der Waals surface area contributed by atoms with Crippen molar-refractivity contribution in [3.05, 3.63) is 17.9 Å². The van der Waals surface area contributed by atoms with Crippen LogP contribution in [0.2, 0.25) is 0 Å². The highest BCUT2D eigenvalue weighted by atomic mass is 32.2. The molecule has 0 aliphatic carbocycles. The summed E-state index contributed by atoms with van der Waals surface area (Å²) in [4.78, 5) is 0.363. The van der Waals surface area contributed by atoms with Gasteiger partial charge in [0.25, 0.3) is 0 Å². The van der Waals surface area contributed by atoms with Gasteiger partial charge in [-0.05, 0) is 25.3 Å². The molecule has 1 rings (SSSR count). The van der Waals surface area contributed by atoms with Gasteiger partial charge in [0.1, 0.15) is 11.6 Å². The molecule has 2 N–H and O–H groups in total. The van der Waals surface area contributed by atoms with Crippen LogP contribution in [0.25, 0.3) is 0 Å². The highest BCUT2D eigenvalue weighted by molar-refractivity contribution is 7.98. The summed E-state index contributed by atoms with van der Waals surface area (Å²) >= 11 is 1.20. The molecule has 0 aromatic heterocycles. The lowest BCUT2D eigenvalue weighted by Crippen LogP contribution is -2.34. The van der Waals surface area contributed by atoms with E-state index >= 15 is 0 Å². The average molecular weight is 230 g/mol. The first-order valence-corrected chi connectivity index (χ1v) is 5.69. The molecule has 0 amide bonds. The topological polar surface area (TPSA) is 49.7 Å². The predicted octanol–water partition coefficient (Wildman–Crippen LogP) is 0.626. The Labute approximate surface area is 92.4 Å². The van der Waals surface area contributed by atoms with Crippen molar-refractivity contribution in [1.82, 2.24) is 0 Å². The second-order valence-electron chi connectivity index (χ2n) is 2.80. The molecule has 0 saturated heterocycles. The highest BCUT2D eigenvalue weighted by Crippen LogP contribution is 2.22. The lowest BCUT2D eigenvalue weighted by molar-refractivity contribution is 0.337. The fraction of sp³-hybridized carbons (Fsp3) is 0.333. The van der Waals surface area contributed by atoms with Crippen molar-refractivity contribution in [2.24, 2.45) is 0 Å². The Morgan fingerprint density at radius 1 is 1.47 bits per heavy atom. The molecule has 1 aromatic carbocycles. The summed E-state index contributed by atoms with van der Waals surface area (Å²) < 4.78 is 18.8. The van der Waals surface area contributed by atoms with Crippen molar-refractivity contribution in [3.8, 4) is 5.75 Å². The van der Waals surface area contributed by atoms with Gasteiger partial charge in [-0.25, -0.2) is 4.39 Å². The minimum atomic E-state index is -1.86. The van der Waals surface area contributed by atoms with Crippen LogP contribution >= 0.6 is 11.8 Å². The summed E-state index contributed by atoms with van der Waals surface area (Å²) in [5, 5.41) is 18.1. The molecule has 15 heavy (non-hydrogen) atoms. The zero-order chi connectivity index (χ0) is 11.4. The second-order valence-corrected chi connectivity index (χ2v) is 3.65. The summed E-state index contributed by atoms with van der Waals surface area (Å²) in [6.07, 6.45) is 1.71. The first kappa shape index (κ1) is 12.4. The van der Waals surface area contributed by atoms with E-state index in [1.165, 1.54) is 17.8 Å². The van der Waals surface area contributed by atoms with Gasteiger partial charge in [-0.2, -0.15) is 0 Å². The smallest absolute Gasteiger partial charge is 0.494 e. The monoisotopic (exact) mass is 230 g/mol. The maximum atomic E-state index is 13.7. The summed E-state index contributed by atoms with van der Waals surface area (Å²) in [5.41, 5.74) is -0.205. The van der Waals surface area contributed by atoms with E-state index in [2.05, 4.69) is 0 Å². The van der Waals surface area contributed by atoms with Crippen molar-refractivity contribution in [2.45, 2.75) is 11.8 Å². The zero-order valence-electron chi connectivity index (χ0n) is 8.53. The van der Waals surface area contributed by atoms with E-state index < -0.39 is 12.9 Å². The maximum absolute atomic E-state index is 13.7. The lowest BCUT2D eigenvalue weighted by atomic mass is 9.79. The Morgan fingerprint density at radius 2 is 2.13 bits per heavy atom. The number of halogens is 1. The van der Waals surface area contributed by atoms with Gasteiger partial charge in [0, 0.05) is 4.90 Å². The van der Waals surface area contributed by atoms with Gasteiger partial charge in [-0.1, -0.05) is 0 Å². The van der Waals surface area contributed by atoms with E-state index in [-0.39, 0.29) is 11.2 Å². The molecule has 0 aliphatic heterocycles. The van der Waals surface area contributed by atoms with E-state index in [1.807, 2.05) is 0 Å². The minimum Gasteiger partial charge on any atom is -0.494 e. The minimum absolute atomic E-state index is 0.169. The molecule has 0 unspecified atom stereocenters. The van der Waals surface area contributed by atoms with E-state index in [0.717, 1.165) is 0 Å². The lowest BCUT2D eigenvalue weighted by Gasteiger charge is -2.12. The van der Waals surface area contributed by atoms with Crippen LogP contribution in [0.1, 0.15) is 6.92 Å². The first-order valence-electron chi connectivity index (χ1n) is 4.47. The van der Waals surface area contributed by atoms with Gasteiger partial charge < -0.3 is 14.8 Å². The van der Waals surface area contributed by atoms with Gasteiger partial charge in [0.15, 0.2) is 0 Å². The van der Waals surface area contributed by atoms with Crippen molar-refractivity contribution in [3.63, 3.8) is 0 Å². The number of benzene rings is 1. The fourth-order valence-electron chi connectivity index (χ4n) is 1.23. The molecule has 6 heteroatoms. The summed E-state index contributed by atoms with van der Waals surface area (Å²) in [6, 6.07) is 3.09. The number of thioether (sulfide) groups is 1. The Balaban J connectivity index is 3.24. The number of hydrogen-bond donors (Lipinski definition) is 2. The van der Waals surface area contributed by atoms with Crippen LogP contribution in [0.5, 0.6) is 5.75 Å².